The Bertz CT molecular complexity index is 362. The third-order valence-corrected chi connectivity index (χ3v) is 4.79. The van der Waals surface area contributed by atoms with Gasteiger partial charge < -0.3 is 5.32 Å². The molecule has 16 heavy (non-hydrogen) atoms. The molecule has 1 N–H and O–H groups in total. The van der Waals surface area contributed by atoms with Gasteiger partial charge in [0, 0.05) is 45.7 Å². The molecule has 0 atom stereocenters. The van der Waals surface area contributed by atoms with E-state index in [4.69, 9.17) is 0 Å². The average molecular weight is 247 g/mol. The molecule has 2 aliphatic heterocycles. The SMILES string of the molecule is O=C1CCS(=O)(=O)N1CCN1CCNCC1. The largest absolute Gasteiger partial charge is 0.314 e. The van der Waals surface area contributed by atoms with E-state index in [0.717, 1.165) is 30.5 Å². The lowest BCUT2D eigenvalue weighted by Gasteiger charge is -2.28. The molecule has 0 radical (unpaired) electrons. The van der Waals surface area contributed by atoms with E-state index in [1.807, 2.05) is 0 Å². The summed E-state index contributed by atoms with van der Waals surface area (Å²) in [6.45, 7) is 4.65. The van der Waals surface area contributed by atoms with Crippen molar-refractivity contribution in [3.05, 3.63) is 0 Å². The first-order valence-electron chi connectivity index (χ1n) is 5.56. The van der Waals surface area contributed by atoms with Crippen molar-refractivity contribution in [2.45, 2.75) is 6.42 Å². The van der Waals surface area contributed by atoms with Gasteiger partial charge in [0.25, 0.3) is 0 Å². The molecule has 92 valence electrons. The minimum atomic E-state index is -3.30. The van der Waals surface area contributed by atoms with Crippen LogP contribution in [0.2, 0.25) is 0 Å². The van der Waals surface area contributed by atoms with Crippen molar-refractivity contribution in [1.82, 2.24) is 14.5 Å². The molecule has 2 rings (SSSR count). The molecule has 0 bridgehead atoms. The van der Waals surface area contributed by atoms with Crippen LogP contribution in [0.5, 0.6) is 0 Å². The Kier molecular flexibility index (Phi) is 3.46. The van der Waals surface area contributed by atoms with Crippen LogP contribution in [0.1, 0.15) is 6.42 Å². The Hall–Kier alpha value is -0.660. The number of piperazine rings is 1. The zero-order valence-electron chi connectivity index (χ0n) is 9.18. The van der Waals surface area contributed by atoms with E-state index in [-0.39, 0.29) is 18.1 Å². The fourth-order valence-corrected chi connectivity index (χ4v) is 3.45. The lowest BCUT2D eigenvalue weighted by atomic mass is 10.3. The van der Waals surface area contributed by atoms with E-state index in [1.54, 1.807) is 0 Å². The van der Waals surface area contributed by atoms with Crippen molar-refractivity contribution in [1.29, 1.82) is 0 Å². The van der Waals surface area contributed by atoms with Crippen molar-refractivity contribution >= 4 is 15.9 Å². The molecule has 1 amide bonds. The first-order valence-corrected chi connectivity index (χ1v) is 7.17. The van der Waals surface area contributed by atoms with Gasteiger partial charge in [-0.25, -0.2) is 12.7 Å². The molecule has 0 aromatic heterocycles. The van der Waals surface area contributed by atoms with Crippen LogP contribution in [-0.4, -0.2) is 68.6 Å². The molecular formula is C9H17N3O3S. The van der Waals surface area contributed by atoms with Gasteiger partial charge >= 0.3 is 0 Å². The number of amides is 1. The topological polar surface area (TPSA) is 69.7 Å². The van der Waals surface area contributed by atoms with Gasteiger partial charge in [0.15, 0.2) is 0 Å². The maximum absolute atomic E-state index is 11.5. The van der Waals surface area contributed by atoms with Crippen LogP contribution in [0, 0.1) is 0 Å². The minimum absolute atomic E-state index is 0.0204. The van der Waals surface area contributed by atoms with Crippen LogP contribution in [0.4, 0.5) is 0 Å². The average Bonchev–Trinajstić information content (AvgIpc) is 2.52. The zero-order valence-corrected chi connectivity index (χ0v) is 10.0. The molecule has 2 fully saturated rings. The Morgan fingerprint density at radius 3 is 2.44 bits per heavy atom. The van der Waals surface area contributed by atoms with Crippen LogP contribution in [-0.2, 0) is 14.8 Å². The van der Waals surface area contributed by atoms with E-state index in [9.17, 15) is 13.2 Å². The predicted molar refractivity (Wildman–Crippen MR) is 59.4 cm³/mol. The second kappa shape index (κ2) is 4.68. The van der Waals surface area contributed by atoms with Crippen LogP contribution < -0.4 is 5.32 Å². The van der Waals surface area contributed by atoms with Crippen LogP contribution in [0.3, 0.4) is 0 Å². The van der Waals surface area contributed by atoms with Gasteiger partial charge in [0.2, 0.25) is 15.9 Å². The summed E-state index contributed by atoms with van der Waals surface area (Å²) in [5.74, 6) is -0.275. The summed E-state index contributed by atoms with van der Waals surface area (Å²) in [6.07, 6.45) is 0.143. The first-order chi connectivity index (χ1) is 7.59. The standard InChI is InChI=1S/C9H17N3O3S/c13-9-1-8-16(14,15)12(9)7-6-11-4-2-10-3-5-11/h10H,1-8H2. The summed E-state index contributed by atoms with van der Waals surface area (Å²) < 4.78 is 24.1. The number of hydrogen-bond acceptors (Lipinski definition) is 5. The molecule has 2 heterocycles. The number of hydrogen-bond donors (Lipinski definition) is 1. The molecule has 0 aromatic rings. The fraction of sp³-hybridized carbons (Fsp3) is 0.889. The van der Waals surface area contributed by atoms with Gasteiger partial charge in [-0.2, -0.15) is 0 Å². The van der Waals surface area contributed by atoms with Crippen LogP contribution >= 0.6 is 0 Å². The highest BCUT2D eigenvalue weighted by Crippen LogP contribution is 2.14. The lowest BCUT2D eigenvalue weighted by Crippen LogP contribution is -2.47. The molecule has 7 heteroatoms. The van der Waals surface area contributed by atoms with Gasteiger partial charge in [0.05, 0.1) is 5.75 Å². The Morgan fingerprint density at radius 1 is 1.19 bits per heavy atom. The van der Waals surface area contributed by atoms with Gasteiger partial charge in [-0.05, 0) is 0 Å². The van der Waals surface area contributed by atoms with Crippen molar-refractivity contribution in [2.75, 3.05) is 45.0 Å². The lowest BCUT2D eigenvalue weighted by molar-refractivity contribution is -0.125. The van der Waals surface area contributed by atoms with Crippen LogP contribution in [0.15, 0.2) is 0 Å². The summed E-state index contributed by atoms with van der Waals surface area (Å²) >= 11 is 0. The van der Waals surface area contributed by atoms with Gasteiger partial charge in [-0.15, -0.1) is 0 Å². The molecule has 0 unspecified atom stereocenters. The smallest absolute Gasteiger partial charge is 0.237 e. The molecule has 2 aliphatic rings. The number of carbonyl (C=O) groups excluding carboxylic acids is 1. The van der Waals surface area contributed by atoms with E-state index in [1.165, 1.54) is 0 Å². The summed E-state index contributed by atoms with van der Waals surface area (Å²) in [6, 6.07) is 0. The summed E-state index contributed by atoms with van der Waals surface area (Å²) in [4.78, 5) is 13.6. The quantitative estimate of drug-likeness (QED) is 0.654. The molecule has 6 nitrogen and oxygen atoms in total. The second-order valence-corrected chi connectivity index (χ2v) is 6.14. The van der Waals surface area contributed by atoms with E-state index in [0.29, 0.717) is 13.1 Å². The van der Waals surface area contributed by atoms with E-state index in [2.05, 4.69) is 10.2 Å². The highest BCUT2D eigenvalue weighted by atomic mass is 32.2. The molecule has 0 aromatic carbocycles. The number of nitrogens with one attached hydrogen (secondary N) is 1. The van der Waals surface area contributed by atoms with Gasteiger partial charge in [0.1, 0.15) is 0 Å². The second-order valence-electron chi connectivity index (χ2n) is 4.12. The van der Waals surface area contributed by atoms with Gasteiger partial charge in [-0.1, -0.05) is 0 Å². The monoisotopic (exact) mass is 247 g/mol. The Morgan fingerprint density at radius 2 is 1.88 bits per heavy atom. The highest BCUT2D eigenvalue weighted by Gasteiger charge is 2.34. The van der Waals surface area contributed by atoms with Gasteiger partial charge in [-0.3, -0.25) is 9.69 Å². The van der Waals surface area contributed by atoms with E-state index >= 15 is 0 Å². The minimum Gasteiger partial charge on any atom is -0.314 e. The molecule has 0 aliphatic carbocycles. The maximum atomic E-state index is 11.5. The molecule has 0 spiro atoms. The normalized spacial score (nSPS) is 26.2. The van der Waals surface area contributed by atoms with Crippen molar-refractivity contribution < 1.29 is 13.2 Å². The third-order valence-electron chi connectivity index (χ3n) is 3.02. The highest BCUT2D eigenvalue weighted by molar-refractivity contribution is 7.90. The van der Waals surface area contributed by atoms with Crippen molar-refractivity contribution in [2.24, 2.45) is 0 Å². The van der Waals surface area contributed by atoms with Crippen molar-refractivity contribution in [3.63, 3.8) is 0 Å². The Labute approximate surface area is 95.6 Å². The van der Waals surface area contributed by atoms with Crippen LogP contribution in [0.25, 0.3) is 0 Å². The third kappa shape index (κ3) is 2.53. The zero-order chi connectivity index (χ0) is 11.6. The first kappa shape index (κ1) is 11.8. The summed E-state index contributed by atoms with van der Waals surface area (Å²) in [7, 11) is -3.30. The molecule has 0 saturated carbocycles. The molecule has 2 saturated heterocycles. The number of nitrogens with zero attached hydrogens (tertiary/aromatic N) is 2. The Balaban J connectivity index is 1.87. The van der Waals surface area contributed by atoms with Crippen molar-refractivity contribution in [3.8, 4) is 0 Å². The predicted octanol–water partition coefficient (Wildman–Crippen LogP) is -1.55. The summed E-state index contributed by atoms with van der Waals surface area (Å²) in [5, 5.41) is 3.23. The maximum Gasteiger partial charge on any atom is 0.237 e. The fourth-order valence-electron chi connectivity index (χ4n) is 2.04. The summed E-state index contributed by atoms with van der Waals surface area (Å²) in [5.41, 5.74) is 0. The number of carbonyl (C=O) groups is 1. The number of sulfonamides is 1. The molecular weight excluding hydrogens is 230 g/mol. The number of rotatable bonds is 3. The van der Waals surface area contributed by atoms with E-state index < -0.39 is 10.0 Å².